The van der Waals surface area contributed by atoms with Crippen molar-refractivity contribution in [3.05, 3.63) is 0 Å². The molecule has 1 heterocycles. The minimum absolute atomic E-state index is 0.202. The Morgan fingerprint density at radius 3 is 2.72 bits per heavy atom. The van der Waals surface area contributed by atoms with Gasteiger partial charge in [0.15, 0.2) is 0 Å². The van der Waals surface area contributed by atoms with Gasteiger partial charge in [-0.15, -0.1) is 0 Å². The zero-order chi connectivity index (χ0) is 13.1. The van der Waals surface area contributed by atoms with Crippen LogP contribution in [0.25, 0.3) is 0 Å². The van der Waals surface area contributed by atoms with Crippen LogP contribution in [0.3, 0.4) is 0 Å². The number of rotatable bonds is 3. The highest BCUT2D eigenvalue weighted by molar-refractivity contribution is 7.99. The number of nitrogens with zero attached hydrogens (tertiary/aromatic N) is 1. The second kappa shape index (κ2) is 5.82. The quantitative estimate of drug-likeness (QED) is 0.817. The van der Waals surface area contributed by atoms with Crippen molar-refractivity contribution in [2.75, 3.05) is 12.8 Å². The highest BCUT2D eigenvalue weighted by Crippen LogP contribution is 2.28. The third-order valence-corrected chi connectivity index (χ3v) is 4.94. The average molecular weight is 272 g/mol. The maximum Gasteiger partial charge on any atom is 0.326 e. The molecule has 0 spiro atoms. The summed E-state index contributed by atoms with van der Waals surface area (Å²) in [6.45, 7) is 0.557. The van der Waals surface area contributed by atoms with Gasteiger partial charge in [0, 0.05) is 17.8 Å². The highest BCUT2D eigenvalue weighted by Gasteiger charge is 2.35. The van der Waals surface area contributed by atoms with Crippen molar-refractivity contribution in [1.29, 1.82) is 0 Å². The third kappa shape index (κ3) is 2.91. The molecule has 3 atom stereocenters. The highest BCUT2D eigenvalue weighted by atomic mass is 32.2. The molecular formula is C12H20N2O3S. The maximum atomic E-state index is 12.1. The molecule has 18 heavy (non-hydrogen) atoms. The average Bonchev–Trinajstić information content (AvgIpc) is 2.96. The summed E-state index contributed by atoms with van der Waals surface area (Å²) in [5, 5.41) is 12.7. The summed E-state index contributed by atoms with van der Waals surface area (Å²) in [6.07, 6.45) is 6.58. The van der Waals surface area contributed by atoms with Crippen molar-refractivity contribution in [2.45, 2.75) is 49.4 Å². The number of urea groups is 1. The summed E-state index contributed by atoms with van der Waals surface area (Å²) < 4.78 is 0. The molecule has 1 aliphatic heterocycles. The van der Waals surface area contributed by atoms with Gasteiger partial charge in [-0.3, -0.25) is 0 Å². The summed E-state index contributed by atoms with van der Waals surface area (Å²) >= 11 is 1.84. The van der Waals surface area contributed by atoms with E-state index >= 15 is 0 Å². The van der Waals surface area contributed by atoms with E-state index in [0.717, 1.165) is 25.7 Å². The van der Waals surface area contributed by atoms with Crippen LogP contribution in [0, 0.1) is 0 Å². The number of likely N-dealkylation sites (tertiary alicyclic amines) is 1. The number of aliphatic carboxylic acids is 1. The lowest BCUT2D eigenvalue weighted by atomic mass is 10.2. The van der Waals surface area contributed by atoms with Crippen molar-refractivity contribution >= 4 is 23.8 Å². The van der Waals surface area contributed by atoms with Crippen LogP contribution >= 0.6 is 11.8 Å². The smallest absolute Gasteiger partial charge is 0.326 e. The number of thioether (sulfide) groups is 1. The van der Waals surface area contributed by atoms with Crippen LogP contribution < -0.4 is 5.32 Å². The fourth-order valence-electron chi connectivity index (χ4n) is 2.81. The first-order chi connectivity index (χ1) is 8.61. The number of nitrogens with one attached hydrogen (secondary N) is 1. The summed E-state index contributed by atoms with van der Waals surface area (Å²) in [6, 6.07) is -0.626. The van der Waals surface area contributed by atoms with Gasteiger partial charge in [-0.05, 0) is 38.4 Å². The van der Waals surface area contributed by atoms with E-state index in [1.165, 1.54) is 4.90 Å². The van der Waals surface area contributed by atoms with Gasteiger partial charge in [-0.1, -0.05) is 0 Å². The number of carboxylic acid groups (broad SMARTS) is 1. The van der Waals surface area contributed by atoms with Crippen LogP contribution in [0.2, 0.25) is 0 Å². The van der Waals surface area contributed by atoms with E-state index in [1.807, 2.05) is 11.8 Å². The monoisotopic (exact) mass is 272 g/mol. The summed E-state index contributed by atoms with van der Waals surface area (Å²) in [5.74, 6) is -0.893. The van der Waals surface area contributed by atoms with E-state index in [1.54, 1.807) is 0 Å². The number of hydrogen-bond donors (Lipinski definition) is 2. The van der Waals surface area contributed by atoms with Gasteiger partial charge < -0.3 is 15.3 Å². The molecule has 0 bridgehead atoms. The van der Waals surface area contributed by atoms with E-state index in [-0.39, 0.29) is 12.1 Å². The van der Waals surface area contributed by atoms with E-state index < -0.39 is 12.0 Å². The Bertz CT molecular complexity index is 337. The molecule has 6 heteroatoms. The molecule has 1 saturated carbocycles. The van der Waals surface area contributed by atoms with Gasteiger partial charge in [-0.2, -0.15) is 11.8 Å². The SMILES string of the molecule is CSC1CCC(NC(=O)N2CCC[C@H]2C(=O)O)C1. The van der Waals surface area contributed by atoms with Crippen LogP contribution in [0.1, 0.15) is 32.1 Å². The first-order valence-electron chi connectivity index (χ1n) is 6.44. The molecule has 0 aromatic rings. The lowest BCUT2D eigenvalue weighted by Crippen LogP contribution is -2.48. The van der Waals surface area contributed by atoms with Gasteiger partial charge in [-0.25, -0.2) is 9.59 Å². The van der Waals surface area contributed by atoms with Crippen molar-refractivity contribution < 1.29 is 14.7 Å². The number of carboxylic acids is 1. The maximum absolute atomic E-state index is 12.1. The Morgan fingerprint density at radius 1 is 1.33 bits per heavy atom. The zero-order valence-corrected chi connectivity index (χ0v) is 11.4. The molecule has 102 valence electrons. The molecule has 1 aliphatic carbocycles. The molecule has 2 aliphatic rings. The molecule has 2 N–H and O–H groups in total. The Labute approximate surface area is 111 Å². The molecule has 2 rings (SSSR count). The normalized spacial score (nSPS) is 31.6. The summed E-state index contributed by atoms with van der Waals surface area (Å²) in [4.78, 5) is 24.5. The van der Waals surface area contributed by atoms with Gasteiger partial charge in [0.1, 0.15) is 6.04 Å². The Kier molecular flexibility index (Phi) is 4.37. The summed E-state index contributed by atoms with van der Waals surface area (Å²) in [7, 11) is 0. The Balaban J connectivity index is 1.86. The first kappa shape index (κ1) is 13.5. The van der Waals surface area contributed by atoms with Crippen molar-refractivity contribution in [1.82, 2.24) is 10.2 Å². The summed E-state index contributed by atoms with van der Waals surface area (Å²) in [5.41, 5.74) is 0. The fraction of sp³-hybridized carbons (Fsp3) is 0.833. The van der Waals surface area contributed by atoms with Gasteiger partial charge in [0.25, 0.3) is 0 Å². The van der Waals surface area contributed by atoms with Crippen molar-refractivity contribution in [3.63, 3.8) is 0 Å². The topological polar surface area (TPSA) is 69.6 Å². The van der Waals surface area contributed by atoms with Crippen LogP contribution in [-0.4, -0.2) is 52.1 Å². The molecular weight excluding hydrogens is 252 g/mol. The van der Waals surface area contributed by atoms with Gasteiger partial charge in [0.2, 0.25) is 0 Å². The number of amides is 2. The van der Waals surface area contributed by atoms with E-state index in [4.69, 9.17) is 5.11 Å². The molecule has 2 amide bonds. The van der Waals surface area contributed by atoms with E-state index in [9.17, 15) is 9.59 Å². The lowest BCUT2D eigenvalue weighted by molar-refractivity contribution is -0.141. The minimum Gasteiger partial charge on any atom is -0.480 e. The predicted molar refractivity (Wildman–Crippen MR) is 70.8 cm³/mol. The first-order valence-corrected chi connectivity index (χ1v) is 7.73. The fourth-order valence-corrected chi connectivity index (χ4v) is 3.61. The second-order valence-electron chi connectivity index (χ2n) is 5.01. The molecule has 2 unspecified atom stereocenters. The molecule has 0 aromatic heterocycles. The third-order valence-electron chi connectivity index (χ3n) is 3.84. The Morgan fingerprint density at radius 2 is 2.11 bits per heavy atom. The molecule has 0 aromatic carbocycles. The van der Waals surface area contributed by atoms with Crippen LogP contribution in [0.15, 0.2) is 0 Å². The number of carbonyl (C=O) groups excluding carboxylic acids is 1. The van der Waals surface area contributed by atoms with Crippen molar-refractivity contribution in [3.8, 4) is 0 Å². The molecule has 2 fully saturated rings. The Hall–Kier alpha value is -0.910. The predicted octanol–water partition coefficient (Wildman–Crippen LogP) is 1.53. The van der Waals surface area contributed by atoms with Crippen molar-refractivity contribution in [2.24, 2.45) is 0 Å². The van der Waals surface area contributed by atoms with Crippen LogP contribution in [-0.2, 0) is 4.79 Å². The largest absolute Gasteiger partial charge is 0.480 e. The molecule has 5 nitrogen and oxygen atoms in total. The zero-order valence-electron chi connectivity index (χ0n) is 10.6. The van der Waals surface area contributed by atoms with Gasteiger partial charge in [0.05, 0.1) is 0 Å². The van der Waals surface area contributed by atoms with E-state index in [2.05, 4.69) is 11.6 Å². The standard InChI is InChI=1S/C12H20N2O3S/c1-18-9-5-4-8(7-9)13-12(17)14-6-2-3-10(14)11(15)16/h8-10H,2-7H2,1H3,(H,13,17)(H,15,16)/t8?,9?,10-/m0/s1. The number of carbonyl (C=O) groups is 2. The minimum atomic E-state index is -0.893. The molecule has 0 radical (unpaired) electrons. The van der Waals surface area contributed by atoms with Crippen LogP contribution in [0.5, 0.6) is 0 Å². The molecule has 1 saturated heterocycles. The van der Waals surface area contributed by atoms with E-state index in [0.29, 0.717) is 18.2 Å². The lowest BCUT2D eigenvalue weighted by Gasteiger charge is -2.24. The second-order valence-corrected chi connectivity index (χ2v) is 6.14. The van der Waals surface area contributed by atoms with Crippen LogP contribution in [0.4, 0.5) is 4.79 Å². The van der Waals surface area contributed by atoms with Gasteiger partial charge >= 0.3 is 12.0 Å². The number of hydrogen-bond acceptors (Lipinski definition) is 3.